The fraction of sp³-hybridized carbons (Fsp3) is 0.500. The summed E-state index contributed by atoms with van der Waals surface area (Å²) in [6, 6.07) is 17.5. The zero-order chi connectivity index (χ0) is 20.6. The normalized spacial score (nSPS) is 21.9. The van der Waals surface area contributed by atoms with Crippen LogP contribution in [-0.4, -0.2) is 48.4 Å². The van der Waals surface area contributed by atoms with Gasteiger partial charge in [-0.2, -0.15) is 0 Å². The first kappa shape index (κ1) is 21.9. The lowest BCUT2D eigenvalue weighted by molar-refractivity contribution is 0.0200. The number of aliphatic hydroxyl groups excluding tert-OH is 1. The van der Waals surface area contributed by atoms with Crippen LogP contribution >= 0.6 is 0 Å². The van der Waals surface area contributed by atoms with Crippen LogP contribution < -0.4 is 5.32 Å². The van der Waals surface area contributed by atoms with Gasteiger partial charge in [-0.25, -0.2) is 4.39 Å². The molecule has 1 saturated heterocycles. The third-order valence-corrected chi connectivity index (χ3v) is 5.68. The Labute approximate surface area is 173 Å². The summed E-state index contributed by atoms with van der Waals surface area (Å²) in [7, 11) is 0. The first-order chi connectivity index (χ1) is 14.0. The van der Waals surface area contributed by atoms with Crippen LogP contribution in [0.2, 0.25) is 0 Å². The zero-order valence-corrected chi connectivity index (χ0v) is 17.4. The molecule has 0 amide bonds. The molecule has 1 heterocycles. The van der Waals surface area contributed by atoms with E-state index in [1.54, 1.807) is 18.2 Å². The molecule has 1 aliphatic heterocycles. The average molecular weight is 401 g/mol. The third kappa shape index (κ3) is 6.61. The molecular formula is C24H33FN2O2. The number of aliphatic hydroxyl groups is 1. The van der Waals surface area contributed by atoms with Gasteiger partial charge in [0.1, 0.15) is 5.82 Å². The molecule has 3 rings (SSSR count). The first-order valence-corrected chi connectivity index (χ1v) is 10.5. The van der Waals surface area contributed by atoms with Gasteiger partial charge in [0.25, 0.3) is 0 Å². The Morgan fingerprint density at radius 3 is 2.41 bits per heavy atom. The molecule has 2 aromatic carbocycles. The lowest BCUT2D eigenvalue weighted by atomic mass is 9.85. The molecule has 29 heavy (non-hydrogen) atoms. The van der Waals surface area contributed by atoms with Crippen LogP contribution in [0.15, 0.2) is 54.6 Å². The lowest BCUT2D eigenvalue weighted by Crippen LogP contribution is -2.54. The molecule has 158 valence electrons. The van der Waals surface area contributed by atoms with Gasteiger partial charge in [-0.15, -0.1) is 0 Å². The van der Waals surface area contributed by atoms with Crippen molar-refractivity contribution < 1.29 is 14.2 Å². The lowest BCUT2D eigenvalue weighted by Gasteiger charge is -2.42. The summed E-state index contributed by atoms with van der Waals surface area (Å²) in [5.74, 6) is 0.716. The third-order valence-electron chi connectivity index (χ3n) is 5.68. The molecule has 0 radical (unpaired) electrons. The van der Waals surface area contributed by atoms with Gasteiger partial charge in [0.15, 0.2) is 0 Å². The highest BCUT2D eigenvalue weighted by Gasteiger charge is 2.31. The van der Waals surface area contributed by atoms with Gasteiger partial charge in [0.05, 0.1) is 19.3 Å². The van der Waals surface area contributed by atoms with E-state index in [0.29, 0.717) is 30.0 Å². The average Bonchev–Trinajstić information content (AvgIpc) is 2.69. The summed E-state index contributed by atoms with van der Waals surface area (Å²) in [4.78, 5) is 2.51. The van der Waals surface area contributed by atoms with E-state index in [1.807, 2.05) is 0 Å². The molecule has 0 aliphatic carbocycles. The number of rotatable bonds is 9. The van der Waals surface area contributed by atoms with Gasteiger partial charge < -0.3 is 15.2 Å². The van der Waals surface area contributed by atoms with E-state index in [-0.39, 0.29) is 19.0 Å². The SMILES string of the molecule is C[C@@H]1CN(Cc2ccccc2)C[C@@H](C)C1NC[C@H](O)COCc1ccccc1F. The molecule has 0 unspecified atom stereocenters. The van der Waals surface area contributed by atoms with E-state index in [4.69, 9.17) is 4.74 Å². The maximum Gasteiger partial charge on any atom is 0.128 e. The molecule has 2 aromatic rings. The number of benzene rings is 2. The smallest absolute Gasteiger partial charge is 0.128 e. The maximum atomic E-state index is 13.6. The number of piperidine rings is 1. The second-order valence-corrected chi connectivity index (χ2v) is 8.33. The van der Waals surface area contributed by atoms with Crippen LogP contribution in [0.1, 0.15) is 25.0 Å². The molecule has 5 heteroatoms. The molecule has 0 bridgehead atoms. The molecule has 0 spiro atoms. The van der Waals surface area contributed by atoms with Crippen LogP contribution in [0.25, 0.3) is 0 Å². The summed E-state index contributed by atoms with van der Waals surface area (Å²) in [6.45, 7) is 8.45. The second kappa shape index (κ2) is 10.8. The van der Waals surface area contributed by atoms with E-state index in [0.717, 1.165) is 19.6 Å². The van der Waals surface area contributed by atoms with Crippen molar-refractivity contribution in [2.45, 2.75) is 39.1 Å². The van der Waals surface area contributed by atoms with E-state index in [1.165, 1.54) is 11.6 Å². The van der Waals surface area contributed by atoms with Crippen molar-refractivity contribution in [1.29, 1.82) is 0 Å². The Morgan fingerprint density at radius 1 is 1.07 bits per heavy atom. The fourth-order valence-electron chi connectivity index (χ4n) is 4.30. The fourth-order valence-corrected chi connectivity index (χ4v) is 4.30. The highest BCUT2D eigenvalue weighted by molar-refractivity contribution is 5.16. The van der Waals surface area contributed by atoms with E-state index in [2.05, 4.69) is 54.4 Å². The van der Waals surface area contributed by atoms with Crippen molar-refractivity contribution in [3.05, 3.63) is 71.5 Å². The van der Waals surface area contributed by atoms with Gasteiger partial charge in [-0.3, -0.25) is 4.90 Å². The molecule has 1 fully saturated rings. The Bertz CT molecular complexity index is 731. The minimum atomic E-state index is -0.608. The summed E-state index contributed by atoms with van der Waals surface area (Å²) in [5.41, 5.74) is 1.86. The minimum Gasteiger partial charge on any atom is -0.389 e. The Hall–Kier alpha value is -1.79. The molecule has 0 saturated carbocycles. The Kier molecular flexibility index (Phi) is 8.19. The van der Waals surface area contributed by atoms with Crippen molar-refractivity contribution in [2.75, 3.05) is 26.2 Å². The predicted octanol–water partition coefficient (Wildman–Crippen LogP) is 3.45. The van der Waals surface area contributed by atoms with Crippen LogP contribution in [0, 0.1) is 17.7 Å². The summed E-state index contributed by atoms with van der Waals surface area (Å²) < 4.78 is 19.1. The van der Waals surface area contributed by atoms with Gasteiger partial charge in [-0.1, -0.05) is 62.4 Å². The molecule has 0 aromatic heterocycles. The van der Waals surface area contributed by atoms with Gasteiger partial charge in [-0.05, 0) is 23.5 Å². The summed E-state index contributed by atoms with van der Waals surface area (Å²) >= 11 is 0. The quantitative estimate of drug-likeness (QED) is 0.677. The Morgan fingerprint density at radius 2 is 1.72 bits per heavy atom. The first-order valence-electron chi connectivity index (χ1n) is 10.5. The van der Waals surface area contributed by atoms with Crippen LogP contribution in [-0.2, 0) is 17.9 Å². The molecular weight excluding hydrogens is 367 g/mol. The highest BCUT2D eigenvalue weighted by atomic mass is 19.1. The topological polar surface area (TPSA) is 44.7 Å². The number of hydrogen-bond acceptors (Lipinski definition) is 4. The molecule has 1 aliphatic rings. The van der Waals surface area contributed by atoms with Crippen molar-refractivity contribution in [2.24, 2.45) is 11.8 Å². The van der Waals surface area contributed by atoms with Crippen molar-refractivity contribution in [1.82, 2.24) is 10.2 Å². The molecule has 2 N–H and O–H groups in total. The predicted molar refractivity (Wildman–Crippen MR) is 114 cm³/mol. The van der Waals surface area contributed by atoms with Crippen LogP contribution in [0.5, 0.6) is 0 Å². The van der Waals surface area contributed by atoms with Crippen molar-refractivity contribution in [3.63, 3.8) is 0 Å². The van der Waals surface area contributed by atoms with E-state index >= 15 is 0 Å². The number of nitrogens with one attached hydrogen (secondary N) is 1. The highest BCUT2D eigenvalue weighted by Crippen LogP contribution is 2.23. The minimum absolute atomic E-state index is 0.175. The standard InChI is InChI=1S/C24H33FN2O2/c1-18-13-27(15-20-8-4-3-5-9-20)14-19(2)24(18)26-12-22(28)17-29-16-21-10-6-7-11-23(21)25/h3-11,18-19,22,24,26,28H,12-17H2,1-2H3/t18-,19-,22+/m1/s1. The monoisotopic (exact) mass is 400 g/mol. The second-order valence-electron chi connectivity index (χ2n) is 8.33. The number of likely N-dealkylation sites (tertiary alicyclic amines) is 1. The largest absolute Gasteiger partial charge is 0.389 e. The number of nitrogens with zero attached hydrogens (tertiary/aromatic N) is 1. The Balaban J connectivity index is 1.39. The zero-order valence-electron chi connectivity index (χ0n) is 17.4. The van der Waals surface area contributed by atoms with Crippen molar-refractivity contribution >= 4 is 0 Å². The van der Waals surface area contributed by atoms with Crippen LogP contribution in [0.3, 0.4) is 0 Å². The van der Waals surface area contributed by atoms with Gasteiger partial charge in [0.2, 0.25) is 0 Å². The summed E-state index contributed by atoms with van der Waals surface area (Å²) in [5, 5.41) is 13.8. The molecule has 3 atom stereocenters. The number of hydrogen-bond donors (Lipinski definition) is 2. The van der Waals surface area contributed by atoms with Gasteiger partial charge in [0, 0.05) is 37.8 Å². The molecule has 4 nitrogen and oxygen atoms in total. The summed E-state index contributed by atoms with van der Waals surface area (Å²) in [6.07, 6.45) is -0.608. The van der Waals surface area contributed by atoms with E-state index < -0.39 is 6.10 Å². The van der Waals surface area contributed by atoms with Crippen molar-refractivity contribution in [3.8, 4) is 0 Å². The maximum absolute atomic E-state index is 13.6. The number of ether oxygens (including phenoxy) is 1. The number of halogens is 1. The van der Waals surface area contributed by atoms with Crippen LogP contribution in [0.4, 0.5) is 4.39 Å². The van der Waals surface area contributed by atoms with E-state index in [9.17, 15) is 9.50 Å². The van der Waals surface area contributed by atoms with Gasteiger partial charge >= 0.3 is 0 Å².